The molecule has 10 heavy (non-hydrogen) atoms. The SMILES string of the molecule is Cc1cc(C=O)c(=O)[nH]n1. The molecule has 0 fully saturated rings. The van der Waals surface area contributed by atoms with Crippen LogP contribution in [0.2, 0.25) is 0 Å². The molecule has 0 bridgehead atoms. The van der Waals surface area contributed by atoms with Gasteiger partial charge in [0.1, 0.15) is 0 Å². The predicted octanol–water partition coefficient (Wildman–Crippen LogP) is -0.109. The fourth-order valence-corrected chi connectivity index (χ4v) is 0.614. The van der Waals surface area contributed by atoms with Gasteiger partial charge in [-0.1, -0.05) is 0 Å². The lowest BCUT2D eigenvalue weighted by molar-refractivity contribution is 0.112. The summed E-state index contributed by atoms with van der Waals surface area (Å²) in [4.78, 5) is 20.8. The molecule has 0 aromatic carbocycles. The van der Waals surface area contributed by atoms with Crippen LogP contribution in [0.5, 0.6) is 0 Å². The molecule has 0 saturated heterocycles. The van der Waals surface area contributed by atoms with E-state index in [1.54, 1.807) is 6.92 Å². The topological polar surface area (TPSA) is 62.8 Å². The van der Waals surface area contributed by atoms with E-state index in [-0.39, 0.29) is 5.56 Å². The van der Waals surface area contributed by atoms with Crippen molar-refractivity contribution in [2.75, 3.05) is 0 Å². The lowest BCUT2D eigenvalue weighted by atomic mass is 10.3. The van der Waals surface area contributed by atoms with Crippen molar-refractivity contribution in [2.24, 2.45) is 0 Å². The highest BCUT2D eigenvalue weighted by atomic mass is 16.1. The maximum atomic E-state index is 10.7. The molecule has 0 atom stereocenters. The maximum absolute atomic E-state index is 10.7. The van der Waals surface area contributed by atoms with Crippen LogP contribution in [0.3, 0.4) is 0 Å². The number of carbonyl (C=O) groups excluding carboxylic acids is 1. The molecule has 1 aromatic rings. The number of hydrogen-bond acceptors (Lipinski definition) is 3. The third kappa shape index (κ3) is 1.10. The van der Waals surface area contributed by atoms with E-state index in [9.17, 15) is 9.59 Å². The van der Waals surface area contributed by atoms with Crippen LogP contribution in [0.4, 0.5) is 0 Å². The van der Waals surface area contributed by atoms with E-state index in [2.05, 4.69) is 10.2 Å². The van der Waals surface area contributed by atoms with Crippen molar-refractivity contribution < 1.29 is 4.79 Å². The number of nitrogens with one attached hydrogen (secondary N) is 1. The summed E-state index contributed by atoms with van der Waals surface area (Å²) >= 11 is 0. The summed E-state index contributed by atoms with van der Waals surface area (Å²) in [6.45, 7) is 1.70. The van der Waals surface area contributed by atoms with Crippen molar-refractivity contribution in [1.29, 1.82) is 0 Å². The Labute approximate surface area is 56.9 Å². The summed E-state index contributed by atoms with van der Waals surface area (Å²) in [5, 5.41) is 5.77. The van der Waals surface area contributed by atoms with E-state index in [0.717, 1.165) is 0 Å². The number of H-pyrrole nitrogens is 1. The molecule has 52 valence electrons. The van der Waals surface area contributed by atoms with Crippen LogP contribution >= 0.6 is 0 Å². The maximum Gasteiger partial charge on any atom is 0.274 e. The Hall–Kier alpha value is -1.45. The number of aromatic amines is 1. The molecule has 1 N–H and O–H groups in total. The lowest BCUT2D eigenvalue weighted by Gasteiger charge is -1.89. The number of hydrogen-bond donors (Lipinski definition) is 1. The second-order valence-corrected chi connectivity index (χ2v) is 1.91. The average Bonchev–Trinajstić information content (AvgIpc) is 1.94. The highest BCUT2D eigenvalue weighted by molar-refractivity contribution is 5.73. The summed E-state index contributed by atoms with van der Waals surface area (Å²) in [5.41, 5.74) is 0.301. The predicted molar refractivity (Wildman–Crippen MR) is 35.0 cm³/mol. The molecule has 4 heteroatoms. The second kappa shape index (κ2) is 2.43. The Balaban J connectivity index is 3.35. The van der Waals surface area contributed by atoms with Gasteiger partial charge in [-0.25, -0.2) is 5.10 Å². The van der Waals surface area contributed by atoms with Crippen LogP contribution in [0, 0.1) is 6.92 Å². The Kier molecular flexibility index (Phi) is 1.62. The Bertz CT molecular complexity index is 303. The van der Waals surface area contributed by atoms with Crippen LogP contribution in [0.15, 0.2) is 10.9 Å². The number of rotatable bonds is 1. The largest absolute Gasteiger partial charge is 0.298 e. The summed E-state index contributed by atoms with van der Waals surface area (Å²) in [6.07, 6.45) is 0.507. The van der Waals surface area contributed by atoms with E-state index < -0.39 is 5.56 Å². The summed E-state index contributed by atoms with van der Waals surface area (Å²) in [5.74, 6) is 0. The highest BCUT2D eigenvalue weighted by Crippen LogP contribution is 1.87. The van der Waals surface area contributed by atoms with Gasteiger partial charge in [0, 0.05) is 0 Å². The van der Waals surface area contributed by atoms with Gasteiger partial charge in [-0.15, -0.1) is 0 Å². The van der Waals surface area contributed by atoms with Gasteiger partial charge in [-0.05, 0) is 13.0 Å². The van der Waals surface area contributed by atoms with Crippen LogP contribution in [-0.4, -0.2) is 16.5 Å². The van der Waals surface area contributed by atoms with Gasteiger partial charge in [0.2, 0.25) is 0 Å². The molecule has 0 amide bonds. The Morgan fingerprint density at radius 3 is 2.90 bits per heavy atom. The second-order valence-electron chi connectivity index (χ2n) is 1.91. The first-order valence-electron chi connectivity index (χ1n) is 2.75. The zero-order valence-corrected chi connectivity index (χ0v) is 5.42. The van der Waals surface area contributed by atoms with Gasteiger partial charge in [0.15, 0.2) is 6.29 Å². The van der Waals surface area contributed by atoms with Gasteiger partial charge >= 0.3 is 0 Å². The van der Waals surface area contributed by atoms with E-state index in [1.807, 2.05) is 0 Å². The van der Waals surface area contributed by atoms with Gasteiger partial charge in [-0.3, -0.25) is 9.59 Å². The van der Waals surface area contributed by atoms with Crippen LogP contribution in [0.25, 0.3) is 0 Å². The molecule has 0 aliphatic rings. The first-order valence-corrected chi connectivity index (χ1v) is 2.75. The molecule has 0 aliphatic heterocycles. The fourth-order valence-electron chi connectivity index (χ4n) is 0.614. The zero-order chi connectivity index (χ0) is 7.56. The molecule has 1 heterocycles. The van der Waals surface area contributed by atoms with Crippen molar-refractivity contribution in [3.8, 4) is 0 Å². The van der Waals surface area contributed by atoms with E-state index in [4.69, 9.17) is 0 Å². The fraction of sp³-hybridized carbons (Fsp3) is 0.167. The highest BCUT2D eigenvalue weighted by Gasteiger charge is 1.96. The standard InChI is InChI=1S/C6H6N2O2/c1-4-2-5(3-9)6(10)8-7-4/h2-3H,1H3,(H,8,10). The quantitative estimate of drug-likeness (QED) is 0.551. The molecule has 0 spiro atoms. The number of aromatic nitrogens is 2. The van der Waals surface area contributed by atoms with Gasteiger partial charge in [0.25, 0.3) is 5.56 Å². The number of aldehydes is 1. The minimum Gasteiger partial charge on any atom is -0.298 e. The first kappa shape index (κ1) is 6.67. The molecular weight excluding hydrogens is 132 g/mol. The van der Waals surface area contributed by atoms with Gasteiger partial charge in [-0.2, -0.15) is 5.10 Å². The normalized spacial score (nSPS) is 9.30. The molecule has 0 radical (unpaired) electrons. The van der Waals surface area contributed by atoms with Crippen molar-refractivity contribution in [3.63, 3.8) is 0 Å². The lowest BCUT2D eigenvalue weighted by Crippen LogP contribution is -2.13. The van der Waals surface area contributed by atoms with Crippen molar-refractivity contribution in [2.45, 2.75) is 6.92 Å². The Morgan fingerprint density at radius 2 is 2.40 bits per heavy atom. The minimum absolute atomic E-state index is 0.118. The molecule has 4 nitrogen and oxygen atoms in total. The molecule has 0 aliphatic carbocycles. The number of aryl methyl sites for hydroxylation is 1. The van der Waals surface area contributed by atoms with Gasteiger partial charge in [0.05, 0.1) is 11.3 Å². The van der Waals surface area contributed by atoms with Gasteiger partial charge < -0.3 is 0 Å². The van der Waals surface area contributed by atoms with Crippen LogP contribution < -0.4 is 5.56 Å². The van der Waals surface area contributed by atoms with E-state index in [0.29, 0.717) is 12.0 Å². The van der Waals surface area contributed by atoms with Crippen LogP contribution in [-0.2, 0) is 0 Å². The number of carbonyl (C=O) groups is 1. The summed E-state index contributed by atoms with van der Waals surface area (Å²) < 4.78 is 0. The smallest absolute Gasteiger partial charge is 0.274 e. The third-order valence-electron chi connectivity index (χ3n) is 1.09. The van der Waals surface area contributed by atoms with E-state index in [1.165, 1.54) is 6.07 Å². The van der Waals surface area contributed by atoms with Crippen molar-refractivity contribution in [1.82, 2.24) is 10.2 Å². The average molecular weight is 138 g/mol. The van der Waals surface area contributed by atoms with Crippen LogP contribution in [0.1, 0.15) is 16.1 Å². The summed E-state index contributed by atoms with van der Waals surface area (Å²) in [6, 6.07) is 1.44. The van der Waals surface area contributed by atoms with Crippen molar-refractivity contribution >= 4 is 6.29 Å². The minimum atomic E-state index is -0.444. The van der Waals surface area contributed by atoms with E-state index >= 15 is 0 Å². The molecule has 1 aromatic heterocycles. The first-order chi connectivity index (χ1) is 4.74. The monoisotopic (exact) mass is 138 g/mol. The third-order valence-corrected chi connectivity index (χ3v) is 1.09. The molecule has 1 rings (SSSR count). The molecular formula is C6H6N2O2. The molecule has 0 saturated carbocycles. The van der Waals surface area contributed by atoms with Crippen molar-refractivity contribution in [3.05, 3.63) is 27.7 Å². The zero-order valence-electron chi connectivity index (χ0n) is 5.42. The summed E-state index contributed by atoms with van der Waals surface area (Å²) in [7, 11) is 0. The number of nitrogens with zero attached hydrogens (tertiary/aromatic N) is 1. The molecule has 0 unspecified atom stereocenters. The Morgan fingerprint density at radius 1 is 1.70 bits per heavy atom.